The molecule has 0 aromatic heterocycles. The summed E-state index contributed by atoms with van der Waals surface area (Å²) in [5.74, 6) is 0.494. The van der Waals surface area contributed by atoms with Gasteiger partial charge in [-0.05, 0) is 31.6 Å². The van der Waals surface area contributed by atoms with Crippen molar-refractivity contribution < 1.29 is 14.3 Å². The molecular weight excluding hydrogens is 228 g/mol. The first kappa shape index (κ1) is 13.6. The smallest absolute Gasteiger partial charge is 0.312 e. The molecule has 2 aliphatic carbocycles. The van der Waals surface area contributed by atoms with E-state index in [-0.39, 0.29) is 17.3 Å². The number of Topliss-reactive ketones (excluding diaryl/α,β-unsaturated/α-hetero) is 1. The largest absolute Gasteiger partial charge is 0.469 e. The highest BCUT2D eigenvalue weighted by molar-refractivity contribution is 5.82. The highest BCUT2D eigenvalue weighted by Gasteiger charge is 2.47. The van der Waals surface area contributed by atoms with E-state index in [9.17, 15) is 9.59 Å². The first-order chi connectivity index (χ1) is 8.69. The standard InChI is InChI=1S/C15H24O3/c1-18-14(17)15(9-5-2-6-10-15)12-7-3-4-8-13(16)11-12/h12H,2-11H2,1H3/t12-/m0/s1. The normalized spacial score (nSPS) is 28.5. The number of esters is 1. The van der Waals surface area contributed by atoms with Gasteiger partial charge in [-0.3, -0.25) is 9.59 Å². The molecule has 2 fully saturated rings. The van der Waals surface area contributed by atoms with E-state index in [1.54, 1.807) is 0 Å². The summed E-state index contributed by atoms with van der Waals surface area (Å²) in [7, 11) is 1.48. The maximum Gasteiger partial charge on any atom is 0.312 e. The van der Waals surface area contributed by atoms with Gasteiger partial charge in [-0.15, -0.1) is 0 Å². The number of hydrogen-bond acceptors (Lipinski definition) is 3. The third kappa shape index (κ3) is 2.60. The fourth-order valence-electron chi connectivity index (χ4n) is 3.83. The van der Waals surface area contributed by atoms with Gasteiger partial charge in [-0.25, -0.2) is 0 Å². The minimum absolute atomic E-state index is 0.0677. The Labute approximate surface area is 109 Å². The van der Waals surface area contributed by atoms with Crippen LogP contribution < -0.4 is 0 Å². The van der Waals surface area contributed by atoms with Crippen molar-refractivity contribution in [1.82, 2.24) is 0 Å². The second-order valence-corrected chi connectivity index (χ2v) is 5.89. The van der Waals surface area contributed by atoms with E-state index in [2.05, 4.69) is 0 Å². The molecule has 0 spiro atoms. The fraction of sp³-hybridized carbons (Fsp3) is 0.867. The molecule has 0 N–H and O–H groups in total. The van der Waals surface area contributed by atoms with Crippen molar-refractivity contribution in [3.8, 4) is 0 Å². The van der Waals surface area contributed by atoms with Gasteiger partial charge in [0.25, 0.3) is 0 Å². The van der Waals surface area contributed by atoms with Crippen LogP contribution in [0.4, 0.5) is 0 Å². The van der Waals surface area contributed by atoms with Gasteiger partial charge in [-0.1, -0.05) is 25.7 Å². The Morgan fingerprint density at radius 2 is 1.89 bits per heavy atom. The molecule has 0 saturated heterocycles. The van der Waals surface area contributed by atoms with E-state index in [0.29, 0.717) is 18.6 Å². The average Bonchev–Trinajstić information content (AvgIpc) is 2.63. The zero-order valence-corrected chi connectivity index (χ0v) is 11.4. The third-order valence-electron chi connectivity index (χ3n) is 4.85. The summed E-state index contributed by atoms with van der Waals surface area (Å²) >= 11 is 0. The van der Waals surface area contributed by atoms with Crippen LogP contribution in [0.25, 0.3) is 0 Å². The van der Waals surface area contributed by atoms with E-state index in [1.165, 1.54) is 13.5 Å². The molecule has 0 aliphatic heterocycles. The van der Waals surface area contributed by atoms with Crippen LogP contribution in [0, 0.1) is 11.3 Å². The molecule has 18 heavy (non-hydrogen) atoms. The molecule has 2 rings (SSSR count). The van der Waals surface area contributed by atoms with E-state index < -0.39 is 0 Å². The molecule has 0 aromatic carbocycles. The van der Waals surface area contributed by atoms with Gasteiger partial charge in [0.15, 0.2) is 0 Å². The molecule has 0 heterocycles. The Hall–Kier alpha value is -0.860. The molecule has 2 aliphatic rings. The quantitative estimate of drug-likeness (QED) is 0.559. The number of carbonyl (C=O) groups excluding carboxylic acids is 2. The topological polar surface area (TPSA) is 43.4 Å². The predicted molar refractivity (Wildman–Crippen MR) is 69.1 cm³/mol. The van der Waals surface area contributed by atoms with Crippen molar-refractivity contribution in [3.63, 3.8) is 0 Å². The Kier molecular flexibility index (Phi) is 4.41. The summed E-state index contributed by atoms with van der Waals surface area (Å²) in [5.41, 5.74) is -0.354. The van der Waals surface area contributed by atoms with E-state index in [4.69, 9.17) is 4.74 Å². The van der Waals surface area contributed by atoms with Crippen LogP contribution in [0.3, 0.4) is 0 Å². The molecule has 0 unspecified atom stereocenters. The molecular formula is C15H24O3. The average molecular weight is 252 g/mol. The van der Waals surface area contributed by atoms with Gasteiger partial charge in [0, 0.05) is 12.8 Å². The zero-order chi connectivity index (χ0) is 13.0. The Morgan fingerprint density at radius 3 is 2.56 bits per heavy atom. The Morgan fingerprint density at radius 1 is 1.17 bits per heavy atom. The molecule has 0 aromatic rings. The number of methoxy groups -OCH3 is 1. The van der Waals surface area contributed by atoms with E-state index in [0.717, 1.165) is 44.9 Å². The third-order valence-corrected chi connectivity index (χ3v) is 4.85. The first-order valence-corrected chi connectivity index (χ1v) is 7.29. The molecule has 1 atom stereocenters. The van der Waals surface area contributed by atoms with Gasteiger partial charge < -0.3 is 4.74 Å². The minimum atomic E-state index is -0.354. The predicted octanol–water partition coefficient (Wildman–Crippen LogP) is 3.26. The molecule has 0 radical (unpaired) electrons. The number of carbonyl (C=O) groups is 2. The van der Waals surface area contributed by atoms with Crippen LogP contribution in [0.1, 0.15) is 64.2 Å². The number of ether oxygens (including phenoxy) is 1. The minimum Gasteiger partial charge on any atom is -0.469 e. The summed E-state index contributed by atoms with van der Waals surface area (Å²) < 4.78 is 5.07. The maximum atomic E-state index is 12.3. The zero-order valence-electron chi connectivity index (χ0n) is 11.4. The summed E-state index contributed by atoms with van der Waals surface area (Å²) in [6.45, 7) is 0. The summed E-state index contributed by atoms with van der Waals surface area (Å²) in [5, 5.41) is 0. The second kappa shape index (κ2) is 5.85. The van der Waals surface area contributed by atoms with Crippen molar-refractivity contribution in [2.75, 3.05) is 7.11 Å². The summed E-state index contributed by atoms with van der Waals surface area (Å²) in [6.07, 6.45) is 9.61. The molecule has 0 bridgehead atoms. The highest BCUT2D eigenvalue weighted by Crippen LogP contribution is 2.48. The lowest BCUT2D eigenvalue weighted by atomic mass is 9.63. The molecule has 3 heteroatoms. The lowest BCUT2D eigenvalue weighted by Gasteiger charge is -2.40. The summed E-state index contributed by atoms with van der Waals surface area (Å²) in [6, 6.07) is 0. The van der Waals surface area contributed by atoms with Crippen LogP contribution in [0.2, 0.25) is 0 Å². The van der Waals surface area contributed by atoms with Crippen LogP contribution in [-0.2, 0) is 14.3 Å². The second-order valence-electron chi connectivity index (χ2n) is 5.89. The number of hydrogen-bond donors (Lipinski definition) is 0. The molecule has 2 saturated carbocycles. The molecule has 102 valence electrons. The maximum absolute atomic E-state index is 12.3. The van der Waals surface area contributed by atoms with E-state index >= 15 is 0 Å². The molecule has 3 nitrogen and oxygen atoms in total. The molecule has 0 amide bonds. The van der Waals surface area contributed by atoms with Gasteiger partial charge in [0.05, 0.1) is 12.5 Å². The fourth-order valence-corrected chi connectivity index (χ4v) is 3.83. The highest BCUT2D eigenvalue weighted by atomic mass is 16.5. The number of rotatable bonds is 2. The Balaban J connectivity index is 2.21. The summed E-state index contributed by atoms with van der Waals surface area (Å²) in [4.78, 5) is 24.1. The first-order valence-electron chi connectivity index (χ1n) is 7.29. The van der Waals surface area contributed by atoms with Crippen molar-refractivity contribution in [1.29, 1.82) is 0 Å². The van der Waals surface area contributed by atoms with Gasteiger partial charge in [0.1, 0.15) is 5.78 Å². The van der Waals surface area contributed by atoms with Crippen LogP contribution in [-0.4, -0.2) is 18.9 Å². The van der Waals surface area contributed by atoms with Crippen molar-refractivity contribution >= 4 is 11.8 Å². The van der Waals surface area contributed by atoms with Gasteiger partial charge in [-0.2, -0.15) is 0 Å². The van der Waals surface area contributed by atoms with Gasteiger partial charge in [0.2, 0.25) is 0 Å². The Bertz CT molecular complexity index is 316. The van der Waals surface area contributed by atoms with Crippen molar-refractivity contribution in [2.24, 2.45) is 11.3 Å². The van der Waals surface area contributed by atoms with Crippen molar-refractivity contribution in [3.05, 3.63) is 0 Å². The van der Waals surface area contributed by atoms with Crippen molar-refractivity contribution in [2.45, 2.75) is 64.2 Å². The van der Waals surface area contributed by atoms with E-state index in [1.807, 2.05) is 0 Å². The number of ketones is 1. The van der Waals surface area contributed by atoms with Crippen LogP contribution >= 0.6 is 0 Å². The van der Waals surface area contributed by atoms with Crippen LogP contribution in [0.15, 0.2) is 0 Å². The monoisotopic (exact) mass is 252 g/mol. The SMILES string of the molecule is COC(=O)C1([C@H]2CCCCC(=O)C2)CCCCC1. The van der Waals surface area contributed by atoms with Crippen LogP contribution in [0.5, 0.6) is 0 Å². The lowest BCUT2D eigenvalue weighted by Crippen LogP contribution is -2.42. The van der Waals surface area contributed by atoms with Gasteiger partial charge >= 0.3 is 5.97 Å². The lowest BCUT2D eigenvalue weighted by molar-refractivity contribution is -0.160.